The fourth-order valence-electron chi connectivity index (χ4n) is 4.34. The van der Waals surface area contributed by atoms with Crippen molar-refractivity contribution in [3.05, 3.63) is 0 Å². The first-order valence-corrected chi connectivity index (χ1v) is 8.43. The monoisotopic (exact) mass is 251 g/mol. The molecule has 2 aliphatic rings. The van der Waals surface area contributed by atoms with Crippen LogP contribution in [0.15, 0.2) is 0 Å². The highest BCUT2D eigenvalue weighted by Crippen LogP contribution is 2.61. The molecule has 0 saturated heterocycles. The van der Waals surface area contributed by atoms with Crippen LogP contribution >= 0.6 is 0 Å². The van der Waals surface area contributed by atoms with Gasteiger partial charge in [-0.3, -0.25) is 0 Å². The first-order valence-electron chi connectivity index (χ1n) is 8.43. The molecule has 0 amide bonds. The maximum absolute atomic E-state index is 3.66. The molecule has 0 heterocycles. The summed E-state index contributed by atoms with van der Waals surface area (Å²) in [7, 11) is 0. The van der Waals surface area contributed by atoms with Crippen LogP contribution in [-0.2, 0) is 0 Å². The lowest BCUT2D eigenvalue weighted by atomic mass is 9.73. The molecule has 0 aromatic rings. The Labute approximate surface area is 114 Å². The van der Waals surface area contributed by atoms with Gasteiger partial charge in [-0.25, -0.2) is 0 Å². The van der Waals surface area contributed by atoms with Crippen LogP contribution in [-0.4, -0.2) is 13.1 Å². The lowest BCUT2D eigenvalue weighted by molar-refractivity contribution is 0.180. The van der Waals surface area contributed by atoms with Crippen molar-refractivity contribution in [1.82, 2.24) is 5.32 Å². The van der Waals surface area contributed by atoms with E-state index >= 15 is 0 Å². The van der Waals surface area contributed by atoms with Crippen molar-refractivity contribution < 1.29 is 0 Å². The normalized spacial score (nSPS) is 35.5. The van der Waals surface area contributed by atoms with Crippen LogP contribution < -0.4 is 5.32 Å². The molecule has 1 nitrogen and oxygen atoms in total. The number of nitrogens with one attached hydrogen (secondary N) is 1. The summed E-state index contributed by atoms with van der Waals surface area (Å²) in [6.45, 7) is 9.41. The topological polar surface area (TPSA) is 12.0 Å². The summed E-state index contributed by atoms with van der Waals surface area (Å²) in [4.78, 5) is 0. The molecule has 2 fully saturated rings. The van der Waals surface area contributed by atoms with E-state index in [4.69, 9.17) is 0 Å². The van der Waals surface area contributed by atoms with Gasteiger partial charge in [0, 0.05) is 6.54 Å². The first kappa shape index (κ1) is 14.4. The highest BCUT2D eigenvalue weighted by molar-refractivity contribution is 5.04. The van der Waals surface area contributed by atoms with Crippen LogP contribution in [0.5, 0.6) is 0 Å². The molecule has 0 aromatic heterocycles. The molecule has 2 saturated carbocycles. The summed E-state index contributed by atoms with van der Waals surface area (Å²) < 4.78 is 0. The number of unbranched alkanes of at least 4 members (excludes halogenated alkanes) is 1. The van der Waals surface area contributed by atoms with Crippen LogP contribution in [0.1, 0.15) is 72.1 Å². The Morgan fingerprint density at radius 2 is 1.89 bits per heavy atom. The summed E-state index contributed by atoms with van der Waals surface area (Å²) in [5.74, 6) is 3.22. The Kier molecular flexibility index (Phi) is 5.12. The smallest absolute Gasteiger partial charge is 0.000800 e. The number of rotatable bonds is 9. The molecule has 0 aliphatic heterocycles. The van der Waals surface area contributed by atoms with Crippen LogP contribution in [0.3, 0.4) is 0 Å². The van der Waals surface area contributed by atoms with Gasteiger partial charge in [-0.2, -0.15) is 0 Å². The molecule has 0 radical (unpaired) electrons. The quantitative estimate of drug-likeness (QED) is 0.630. The SMILES string of the molecule is CCCCC(CC)CC1(CNCC)CC2CC2C1. The van der Waals surface area contributed by atoms with Gasteiger partial charge in [0.15, 0.2) is 0 Å². The van der Waals surface area contributed by atoms with E-state index in [1.54, 1.807) is 6.42 Å². The molecule has 1 N–H and O–H groups in total. The van der Waals surface area contributed by atoms with Gasteiger partial charge in [0.05, 0.1) is 0 Å². The zero-order chi connectivity index (χ0) is 13.0. The maximum atomic E-state index is 3.66. The Balaban J connectivity index is 1.87. The standard InChI is InChI=1S/C17H33N/c1-4-7-8-14(5-2)10-17(13-18-6-3)11-15-9-16(15)12-17/h14-16,18H,4-13H2,1-3H3. The molecule has 2 aliphatic carbocycles. The molecule has 0 aromatic carbocycles. The molecule has 18 heavy (non-hydrogen) atoms. The fourth-order valence-corrected chi connectivity index (χ4v) is 4.34. The van der Waals surface area contributed by atoms with E-state index in [0.29, 0.717) is 5.41 Å². The van der Waals surface area contributed by atoms with E-state index in [9.17, 15) is 0 Å². The van der Waals surface area contributed by atoms with Gasteiger partial charge in [-0.15, -0.1) is 0 Å². The van der Waals surface area contributed by atoms with Crippen molar-refractivity contribution in [2.45, 2.75) is 72.1 Å². The van der Waals surface area contributed by atoms with E-state index in [1.807, 2.05) is 0 Å². The van der Waals surface area contributed by atoms with E-state index in [-0.39, 0.29) is 0 Å². The molecular weight excluding hydrogens is 218 g/mol. The number of fused-ring (bicyclic) bond motifs is 1. The second kappa shape index (κ2) is 6.41. The molecule has 106 valence electrons. The highest BCUT2D eigenvalue weighted by atomic mass is 14.9. The van der Waals surface area contributed by atoms with Crippen molar-refractivity contribution in [3.63, 3.8) is 0 Å². The van der Waals surface area contributed by atoms with Gasteiger partial charge in [0.2, 0.25) is 0 Å². The minimum atomic E-state index is 0.679. The van der Waals surface area contributed by atoms with Crippen molar-refractivity contribution in [2.75, 3.05) is 13.1 Å². The van der Waals surface area contributed by atoms with Gasteiger partial charge < -0.3 is 5.32 Å². The lowest BCUT2D eigenvalue weighted by Crippen LogP contribution is -2.35. The zero-order valence-corrected chi connectivity index (χ0v) is 12.8. The Bertz CT molecular complexity index is 238. The third-order valence-corrected chi connectivity index (χ3v) is 5.47. The number of hydrogen-bond acceptors (Lipinski definition) is 1. The lowest BCUT2D eigenvalue weighted by Gasteiger charge is -2.35. The van der Waals surface area contributed by atoms with E-state index in [2.05, 4.69) is 26.1 Å². The largest absolute Gasteiger partial charge is 0.316 e. The van der Waals surface area contributed by atoms with Crippen molar-refractivity contribution in [2.24, 2.45) is 23.2 Å². The summed E-state index contributed by atoms with van der Waals surface area (Å²) >= 11 is 0. The fraction of sp³-hybridized carbons (Fsp3) is 1.00. The third kappa shape index (κ3) is 3.50. The Hall–Kier alpha value is -0.0400. The van der Waals surface area contributed by atoms with Gasteiger partial charge in [-0.1, -0.05) is 46.5 Å². The van der Waals surface area contributed by atoms with Crippen LogP contribution in [0.25, 0.3) is 0 Å². The predicted octanol–water partition coefficient (Wildman–Crippen LogP) is 4.62. The van der Waals surface area contributed by atoms with E-state index in [0.717, 1.165) is 24.3 Å². The van der Waals surface area contributed by atoms with Gasteiger partial charge in [-0.05, 0) is 55.4 Å². The molecular formula is C17H33N. The first-order chi connectivity index (χ1) is 8.73. The summed E-state index contributed by atoms with van der Waals surface area (Å²) in [6, 6.07) is 0. The third-order valence-electron chi connectivity index (χ3n) is 5.47. The van der Waals surface area contributed by atoms with Gasteiger partial charge in [0.1, 0.15) is 0 Å². The maximum Gasteiger partial charge on any atom is 0.000800 e. The summed E-state index contributed by atoms with van der Waals surface area (Å²) in [5.41, 5.74) is 0.679. The summed E-state index contributed by atoms with van der Waals surface area (Å²) in [5, 5.41) is 3.66. The van der Waals surface area contributed by atoms with Gasteiger partial charge in [0.25, 0.3) is 0 Å². The Morgan fingerprint density at radius 3 is 2.44 bits per heavy atom. The molecule has 0 bridgehead atoms. The summed E-state index contributed by atoms with van der Waals surface area (Å²) in [6.07, 6.45) is 11.8. The second-order valence-corrected chi connectivity index (χ2v) is 7.07. The van der Waals surface area contributed by atoms with Crippen molar-refractivity contribution in [3.8, 4) is 0 Å². The van der Waals surface area contributed by atoms with Gasteiger partial charge >= 0.3 is 0 Å². The van der Waals surface area contributed by atoms with E-state index < -0.39 is 0 Å². The number of hydrogen-bond donors (Lipinski definition) is 1. The van der Waals surface area contributed by atoms with E-state index in [1.165, 1.54) is 51.5 Å². The molecule has 1 heteroatoms. The molecule has 3 unspecified atom stereocenters. The minimum absolute atomic E-state index is 0.679. The molecule has 0 spiro atoms. The predicted molar refractivity (Wildman–Crippen MR) is 79.7 cm³/mol. The average molecular weight is 251 g/mol. The highest BCUT2D eigenvalue weighted by Gasteiger charge is 2.53. The van der Waals surface area contributed by atoms with Crippen LogP contribution in [0.4, 0.5) is 0 Å². The minimum Gasteiger partial charge on any atom is -0.316 e. The molecule has 2 rings (SSSR count). The van der Waals surface area contributed by atoms with Crippen LogP contribution in [0.2, 0.25) is 0 Å². The van der Waals surface area contributed by atoms with Crippen molar-refractivity contribution >= 4 is 0 Å². The Morgan fingerprint density at radius 1 is 1.17 bits per heavy atom. The second-order valence-electron chi connectivity index (χ2n) is 7.07. The van der Waals surface area contributed by atoms with Crippen LogP contribution in [0, 0.1) is 23.2 Å². The zero-order valence-electron chi connectivity index (χ0n) is 12.8. The van der Waals surface area contributed by atoms with Crippen molar-refractivity contribution in [1.29, 1.82) is 0 Å². The average Bonchev–Trinajstić information content (AvgIpc) is 3.00. The molecule has 3 atom stereocenters.